The fraction of sp³-hybridized carbons (Fsp3) is 0.647. The Hall–Kier alpha value is -1.06. The molecule has 0 aromatic heterocycles. The first-order valence-electron chi connectivity index (χ1n) is 7.99. The van der Waals surface area contributed by atoms with Crippen LogP contribution in [0.2, 0.25) is 0 Å². The zero-order valence-electron chi connectivity index (χ0n) is 12.5. The number of ether oxygens (including phenoxy) is 1. The van der Waals surface area contributed by atoms with Gasteiger partial charge in [0.1, 0.15) is 5.75 Å². The lowest BCUT2D eigenvalue weighted by Crippen LogP contribution is -2.37. The maximum atomic E-state index is 5.54. The third-order valence-corrected chi connectivity index (χ3v) is 4.56. The summed E-state index contributed by atoms with van der Waals surface area (Å²) in [4.78, 5) is 2.59. The standard InChI is InChI=1S/C17H26N2O/c1-14-4-8-19(9-5-14)10-7-18-13-15-2-3-17-16(12-15)6-11-20-17/h2-3,12,14,18H,4-11,13H2,1H3. The van der Waals surface area contributed by atoms with Crippen molar-refractivity contribution in [2.75, 3.05) is 32.8 Å². The summed E-state index contributed by atoms with van der Waals surface area (Å²) in [5.41, 5.74) is 2.75. The number of rotatable bonds is 5. The molecule has 3 nitrogen and oxygen atoms in total. The Morgan fingerprint density at radius 3 is 3.00 bits per heavy atom. The molecule has 110 valence electrons. The molecule has 3 rings (SSSR count). The van der Waals surface area contributed by atoms with Crippen molar-refractivity contribution in [2.45, 2.75) is 32.7 Å². The predicted octanol–water partition coefficient (Wildman–Crippen LogP) is 2.44. The number of piperidine rings is 1. The molecule has 1 saturated heterocycles. The first-order valence-corrected chi connectivity index (χ1v) is 7.99. The van der Waals surface area contributed by atoms with Crippen LogP contribution in [0.25, 0.3) is 0 Å². The average molecular weight is 274 g/mol. The van der Waals surface area contributed by atoms with Crippen LogP contribution in [0.4, 0.5) is 0 Å². The van der Waals surface area contributed by atoms with Gasteiger partial charge in [-0.1, -0.05) is 19.1 Å². The first kappa shape index (κ1) is 13.9. The maximum Gasteiger partial charge on any atom is 0.122 e. The van der Waals surface area contributed by atoms with Crippen molar-refractivity contribution < 1.29 is 4.74 Å². The molecule has 1 aromatic carbocycles. The zero-order chi connectivity index (χ0) is 13.8. The highest BCUT2D eigenvalue weighted by atomic mass is 16.5. The summed E-state index contributed by atoms with van der Waals surface area (Å²) in [5, 5.41) is 3.57. The number of fused-ring (bicyclic) bond motifs is 1. The molecule has 2 aliphatic rings. The van der Waals surface area contributed by atoms with Crippen LogP contribution < -0.4 is 10.1 Å². The molecule has 0 radical (unpaired) electrons. The minimum atomic E-state index is 0.847. The topological polar surface area (TPSA) is 24.5 Å². The second-order valence-corrected chi connectivity index (χ2v) is 6.24. The van der Waals surface area contributed by atoms with Gasteiger partial charge in [-0.25, -0.2) is 0 Å². The van der Waals surface area contributed by atoms with Gasteiger partial charge in [-0.3, -0.25) is 0 Å². The third-order valence-electron chi connectivity index (χ3n) is 4.56. The van der Waals surface area contributed by atoms with E-state index in [1.165, 1.54) is 43.6 Å². The highest BCUT2D eigenvalue weighted by Crippen LogP contribution is 2.25. The summed E-state index contributed by atoms with van der Waals surface area (Å²) < 4.78 is 5.54. The molecule has 0 spiro atoms. The lowest BCUT2D eigenvalue weighted by Gasteiger charge is -2.30. The average Bonchev–Trinajstić information content (AvgIpc) is 2.93. The molecule has 20 heavy (non-hydrogen) atoms. The van der Waals surface area contributed by atoms with Gasteiger partial charge in [-0.05, 0) is 49.0 Å². The molecule has 0 unspecified atom stereocenters. The van der Waals surface area contributed by atoms with Crippen LogP contribution in [0.15, 0.2) is 18.2 Å². The van der Waals surface area contributed by atoms with E-state index in [2.05, 4.69) is 35.3 Å². The second kappa shape index (κ2) is 6.59. The Morgan fingerprint density at radius 2 is 2.15 bits per heavy atom. The monoisotopic (exact) mass is 274 g/mol. The van der Waals surface area contributed by atoms with E-state index in [-0.39, 0.29) is 0 Å². The van der Waals surface area contributed by atoms with Crippen molar-refractivity contribution in [1.29, 1.82) is 0 Å². The van der Waals surface area contributed by atoms with Crippen molar-refractivity contribution in [3.05, 3.63) is 29.3 Å². The quantitative estimate of drug-likeness (QED) is 0.835. The minimum Gasteiger partial charge on any atom is -0.493 e. The van der Waals surface area contributed by atoms with E-state index in [1.807, 2.05) is 0 Å². The van der Waals surface area contributed by atoms with Gasteiger partial charge in [0.15, 0.2) is 0 Å². The Bertz CT molecular complexity index is 439. The molecule has 1 aromatic rings. The molecule has 0 atom stereocenters. The summed E-state index contributed by atoms with van der Waals surface area (Å²) in [7, 11) is 0. The van der Waals surface area contributed by atoms with Gasteiger partial charge in [0.2, 0.25) is 0 Å². The van der Waals surface area contributed by atoms with E-state index < -0.39 is 0 Å². The fourth-order valence-corrected chi connectivity index (χ4v) is 3.11. The smallest absolute Gasteiger partial charge is 0.122 e. The van der Waals surface area contributed by atoms with Crippen molar-refractivity contribution in [2.24, 2.45) is 5.92 Å². The van der Waals surface area contributed by atoms with Crippen molar-refractivity contribution >= 4 is 0 Å². The molecule has 0 amide bonds. The number of benzene rings is 1. The van der Waals surface area contributed by atoms with Gasteiger partial charge in [0.25, 0.3) is 0 Å². The molecule has 2 aliphatic heterocycles. The van der Waals surface area contributed by atoms with E-state index in [4.69, 9.17) is 4.74 Å². The SMILES string of the molecule is CC1CCN(CCNCc2ccc3c(c2)CCO3)CC1. The molecular formula is C17H26N2O. The lowest BCUT2D eigenvalue weighted by molar-refractivity contribution is 0.193. The van der Waals surface area contributed by atoms with Crippen LogP contribution in [0.3, 0.4) is 0 Å². The molecule has 1 N–H and O–H groups in total. The molecule has 0 bridgehead atoms. The van der Waals surface area contributed by atoms with Crippen molar-refractivity contribution in [3.8, 4) is 5.75 Å². The highest BCUT2D eigenvalue weighted by Gasteiger charge is 2.15. The first-order chi connectivity index (χ1) is 9.81. The van der Waals surface area contributed by atoms with Crippen LogP contribution in [0.1, 0.15) is 30.9 Å². The van der Waals surface area contributed by atoms with Gasteiger partial charge >= 0.3 is 0 Å². The van der Waals surface area contributed by atoms with E-state index >= 15 is 0 Å². The van der Waals surface area contributed by atoms with Gasteiger partial charge in [0.05, 0.1) is 6.61 Å². The third kappa shape index (κ3) is 3.53. The number of likely N-dealkylation sites (tertiary alicyclic amines) is 1. The Morgan fingerprint density at radius 1 is 1.30 bits per heavy atom. The normalized spacial score (nSPS) is 19.9. The highest BCUT2D eigenvalue weighted by molar-refractivity contribution is 5.39. The van der Waals surface area contributed by atoms with Crippen LogP contribution in [-0.2, 0) is 13.0 Å². The van der Waals surface area contributed by atoms with E-state index in [9.17, 15) is 0 Å². The largest absolute Gasteiger partial charge is 0.493 e. The molecule has 0 aliphatic carbocycles. The van der Waals surface area contributed by atoms with E-state index in [1.54, 1.807) is 0 Å². The van der Waals surface area contributed by atoms with Crippen LogP contribution in [0, 0.1) is 5.92 Å². The van der Waals surface area contributed by atoms with Crippen molar-refractivity contribution in [1.82, 2.24) is 10.2 Å². The molecule has 1 fully saturated rings. The predicted molar refractivity (Wildman–Crippen MR) is 82.2 cm³/mol. The second-order valence-electron chi connectivity index (χ2n) is 6.24. The lowest BCUT2D eigenvalue weighted by atomic mass is 9.99. The van der Waals surface area contributed by atoms with Crippen LogP contribution in [-0.4, -0.2) is 37.7 Å². The summed E-state index contributed by atoms with van der Waals surface area (Å²) in [6, 6.07) is 6.59. The van der Waals surface area contributed by atoms with E-state index in [0.29, 0.717) is 0 Å². The number of nitrogens with one attached hydrogen (secondary N) is 1. The Balaban J connectivity index is 1.37. The van der Waals surface area contributed by atoms with Crippen molar-refractivity contribution in [3.63, 3.8) is 0 Å². The maximum absolute atomic E-state index is 5.54. The number of nitrogens with zero attached hydrogens (tertiary/aromatic N) is 1. The van der Waals surface area contributed by atoms with Gasteiger partial charge in [-0.15, -0.1) is 0 Å². The van der Waals surface area contributed by atoms with Crippen LogP contribution in [0.5, 0.6) is 5.75 Å². The zero-order valence-corrected chi connectivity index (χ0v) is 12.5. The van der Waals surface area contributed by atoms with Crippen LogP contribution >= 0.6 is 0 Å². The van der Waals surface area contributed by atoms with E-state index in [0.717, 1.165) is 37.8 Å². The Labute approximate surface area is 122 Å². The molecule has 2 heterocycles. The summed E-state index contributed by atoms with van der Waals surface area (Å²) in [6.07, 6.45) is 3.80. The summed E-state index contributed by atoms with van der Waals surface area (Å²) in [6.45, 7) is 9.01. The fourth-order valence-electron chi connectivity index (χ4n) is 3.11. The summed E-state index contributed by atoms with van der Waals surface area (Å²) >= 11 is 0. The number of hydrogen-bond donors (Lipinski definition) is 1. The Kier molecular flexibility index (Phi) is 4.58. The summed E-state index contributed by atoms with van der Waals surface area (Å²) in [5.74, 6) is 2.00. The molecule has 0 saturated carbocycles. The number of hydrogen-bond acceptors (Lipinski definition) is 3. The minimum absolute atomic E-state index is 0.847. The molecular weight excluding hydrogens is 248 g/mol. The van der Waals surface area contributed by atoms with Gasteiger partial charge in [0, 0.05) is 26.1 Å². The molecule has 3 heteroatoms. The van der Waals surface area contributed by atoms with Gasteiger partial charge in [-0.2, -0.15) is 0 Å². The van der Waals surface area contributed by atoms with Gasteiger partial charge < -0.3 is 15.0 Å².